The van der Waals surface area contributed by atoms with E-state index in [0.29, 0.717) is 47.2 Å². The molecule has 2 aromatic carbocycles. The van der Waals surface area contributed by atoms with Crippen molar-refractivity contribution in [1.82, 2.24) is 15.0 Å². The van der Waals surface area contributed by atoms with Gasteiger partial charge >= 0.3 is 0 Å². The van der Waals surface area contributed by atoms with Crippen LogP contribution in [-0.4, -0.2) is 47.7 Å². The molecule has 0 fully saturated rings. The highest BCUT2D eigenvalue weighted by Crippen LogP contribution is 2.19. The number of carbonyl (C=O) groups is 1. The zero-order chi connectivity index (χ0) is 22.2. The quantitative estimate of drug-likeness (QED) is 0.526. The number of amides is 1. The van der Waals surface area contributed by atoms with Gasteiger partial charge in [0.05, 0.1) is 13.7 Å². The van der Waals surface area contributed by atoms with Gasteiger partial charge in [-0.25, -0.2) is 4.39 Å². The van der Waals surface area contributed by atoms with Crippen LogP contribution in [0.4, 0.5) is 10.1 Å². The maximum Gasteiger partial charge on any atom is 0.238 e. The number of nitrogens with zero attached hydrogens (tertiary/aromatic N) is 3. The number of aromatic nitrogens is 2. The summed E-state index contributed by atoms with van der Waals surface area (Å²) in [6.07, 6.45) is 1.33. The third kappa shape index (κ3) is 6.36. The van der Waals surface area contributed by atoms with Crippen LogP contribution in [0.15, 0.2) is 47.0 Å². The number of nitrogens with one attached hydrogen (secondary N) is 1. The molecule has 3 rings (SSSR count). The van der Waals surface area contributed by atoms with Gasteiger partial charge in [-0.2, -0.15) is 4.98 Å². The molecule has 1 heterocycles. The number of benzene rings is 2. The van der Waals surface area contributed by atoms with E-state index in [2.05, 4.69) is 15.5 Å². The standard InChI is InChI=1S/C23H27FN4O3/c1-4-28(15-21(29)25-18-7-5-8-19(14-18)30-3)12-6-9-22-26-23(27-31-22)17-11-10-16(2)20(24)13-17/h5,7-8,10-11,13-14H,4,6,9,12,15H2,1-3H3,(H,25,29). The molecule has 1 amide bonds. The maximum atomic E-state index is 13.8. The van der Waals surface area contributed by atoms with Gasteiger partial charge < -0.3 is 14.6 Å². The van der Waals surface area contributed by atoms with Gasteiger partial charge in [-0.1, -0.05) is 30.3 Å². The molecule has 1 aromatic heterocycles. The van der Waals surface area contributed by atoms with E-state index in [1.165, 1.54) is 6.07 Å². The Kier molecular flexibility index (Phi) is 7.72. The minimum Gasteiger partial charge on any atom is -0.497 e. The van der Waals surface area contributed by atoms with E-state index in [1.807, 2.05) is 30.0 Å². The van der Waals surface area contributed by atoms with Crippen LogP contribution in [0.1, 0.15) is 24.8 Å². The van der Waals surface area contributed by atoms with Crippen molar-refractivity contribution in [3.8, 4) is 17.1 Å². The highest BCUT2D eigenvalue weighted by molar-refractivity contribution is 5.92. The molecule has 0 unspecified atom stereocenters. The van der Waals surface area contributed by atoms with Crippen molar-refractivity contribution in [2.75, 3.05) is 32.1 Å². The molecule has 0 aliphatic carbocycles. The average molecular weight is 426 g/mol. The summed E-state index contributed by atoms with van der Waals surface area (Å²) < 4.78 is 24.2. The number of methoxy groups -OCH3 is 1. The fourth-order valence-electron chi connectivity index (χ4n) is 3.11. The maximum absolute atomic E-state index is 13.8. The molecular formula is C23H27FN4O3. The first kappa shape index (κ1) is 22.4. The summed E-state index contributed by atoms with van der Waals surface area (Å²) in [5.41, 5.74) is 1.86. The number of rotatable bonds is 10. The second-order valence-corrected chi connectivity index (χ2v) is 7.23. The van der Waals surface area contributed by atoms with Gasteiger partial charge in [0.25, 0.3) is 0 Å². The van der Waals surface area contributed by atoms with Crippen molar-refractivity contribution in [3.05, 3.63) is 59.7 Å². The topological polar surface area (TPSA) is 80.5 Å². The molecule has 0 spiro atoms. The Morgan fingerprint density at radius 3 is 2.84 bits per heavy atom. The van der Waals surface area contributed by atoms with E-state index in [0.717, 1.165) is 13.0 Å². The zero-order valence-corrected chi connectivity index (χ0v) is 18.0. The first-order valence-corrected chi connectivity index (χ1v) is 10.2. The van der Waals surface area contributed by atoms with Gasteiger partial charge in [-0.3, -0.25) is 9.69 Å². The predicted molar refractivity (Wildman–Crippen MR) is 116 cm³/mol. The van der Waals surface area contributed by atoms with Crippen molar-refractivity contribution < 1.29 is 18.4 Å². The third-order valence-corrected chi connectivity index (χ3v) is 4.93. The molecule has 1 N–H and O–H groups in total. The zero-order valence-electron chi connectivity index (χ0n) is 18.0. The van der Waals surface area contributed by atoms with Crippen LogP contribution in [-0.2, 0) is 11.2 Å². The van der Waals surface area contributed by atoms with E-state index in [-0.39, 0.29) is 18.3 Å². The first-order valence-electron chi connectivity index (χ1n) is 10.2. The Labute approximate surface area is 181 Å². The average Bonchev–Trinajstić information content (AvgIpc) is 3.24. The summed E-state index contributed by atoms with van der Waals surface area (Å²) in [5, 5.41) is 6.83. The number of anilines is 1. The lowest BCUT2D eigenvalue weighted by Crippen LogP contribution is -2.34. The summed E-state index contributed by atoms with van der Waals surface area (Å²) >= 11 is 0. The molecule has 0 saturated heterocycles. The van der Waals surface area contributed by atoms with E-state index < -0.39 is 0 Å². The van der Waals surface area contributed by atoms with E-state index in [9.17, 15) is 9.18 Å². The number of likely N-dealkylation sites (N-methyl/N-ethyl adjacent to an activating group) is 1. The number of ether oxygens (including phenoxy) is 1. The molecular weight excluding hydrogens is 399 g/mol. The Balaban J connectivity index is 1.48. The van der Waals surface area contributed by atoms with Crippen LogP contribution >= 0.6 is 0 Å². The number of halogens is 1. The highest BCUT2D eigenvalue weighted by Gasteiger charge is 2.13. The molecule has 31 heavy (non-hydrogen) atoms. The molecule has 0 atom stereocenters. The summed E-state index contributed by atoms with van der Waals surface area (Å²) in [6.45, 7) is 5.44. The highest BCUT2D eigenvalue weighted by atomic mass is 19.1. The molecule has 3 aromatic rings. The van der Waals surface area contributed by atoms with Crippen LogP contribution in [0.5, 0.6) is 5.75 Å². The Bertz CT molecular complexity index is 1020. The lowest BCUT2D eigenvalue weighted by atomic mass is 10.1. The molecule has 0 aliphatic rings. The molecule has 8 heteroatoms. The molecule has 0 saturated carbocycles. The van der Waals surface area contributed by atoms with E-state index >= 15 is 0 Å². The second-order valence-electron chi connectivity index (χ2n) is 7.23. The largest absolute Gasteiger partial charge is 0.497 e. The summed E-state index contributed by atoms with van der Waals surface area (Å²) in [4.78, 5) is 18.8. The number of hydrogen-bond donors (Lipinski definition) is 1. The van der Waals surface area contributed by atoms with Crippen LogP contribution in [0.2, 0.25) is 0 Å². The Hall–Kier alpha value is -3.26. The van der Waals surface area contributed by atoms with Gasteiger partial charge in [0.1, 0.15) is 11.6 Å². The van der Waals surface area contributed by atoms with Crippen LogP contribution in [0.25, 0.3) is 11.4 Å². The van der Waals surface area contributed by atoms with Crippen molar-refractivity contribution in [2.45, 2.75) is 26.7 Å². The van der Waals surface area contributed by atoms with Crippen LogP contribution in [0, 0.1) is 12.7 Å². The van der Waals surface area contributed by atoms with Crippen LogP contribution in [0.3, 0.4) is 0 Å². The summed E-state index contributed by atoms with van der Waals surface area (Å²) in [5.74, 6) is 1.18. The van der Waals surface area contributed by atoms with Gasteiger partial charge in [-0.05, 0) is 50.2 Å². The summed E-state index contributed by atoms with van der Waals surface area (Å²) in [6, 6.07) is 12.1. The molecule has 0 bridgehead atoms. The minimum absolute atomic E-state index is 0.0865. The lowest BCUT2D eigenvalue weighted by Gasteiger charge is -2.19. The SMILES string of the molecule is CCN(CCCc1nc(-c2ccc(C)c(F)c2)no1)CC(=O)Nc1cccc(OC)c1. The molecule has 0 radical (unpaired) electrons. The van der Waals surface area contributed by atoms with Crippen molar-refractivity contribution in [1.29, 1.82) is 0 Å². The minimum atomic E-state index is -0.297. The fourth-order valence-corrected chi connectivity index (χ4v) is 3.11. The predicted octanol–water partition coefficient (Wildman–Crippen LogP) is 4.09. The van der Waals surface area contributed by atoms with Gasteiger partial charge in [0, 0.05) is 23.7 Å². The van der Waals surface area contributed by atoms with Crippen molar-refractivity contribution >= 4 is 11.6 Å². The van der Waals surface area contributed by atoms with Crippen molar-refractivity contribution in [2.24, 2.45) is 0 Å². The van der Waals surface area contributed by atoms with Gasteiger partial charge in [0.15, 0.2) is 0 Å². The van der Waals surface area contributed by atoms with E-state index in [4.69, 9.17) is 9.26 Å². The number of hydrogen-bond acceptors (Lipinski definition) is 6. The molecule has 0 aliphatic heterocycles. The fraction of sp³-hybridized carbons (Fsp3) is 0.348. The third-order valence-electron chi connectivity index (χ3n) is 4.93. The van der Waals surface area contributed by atoms with Gasteiger partial charge in [0.2, 0.25) is 17.6 Å². The monoisotopic (exact) mass is 426 g/mol. The number of aryl methyl sites for hydroxylation is 2. The molecule has 7 nitrogen and oxygen atoms in total. The van der Waals surface area contributed by atoms with Gasteiger partial charge in [-0.15, -0.1) is 0 Å². The Morgan fingerprint density at radius 2 is 2.10 bits per heavy atom. The summed E-state index contributed by atoms with van der Waals surface area (Å²) in [7, 11) is 1.59. The van der Waals surface area contributed by atoms with Crippen molar-refractivity contribution in [3.63, 3.8) is 0 Å². The second kappa shape index (κ2) is 10.7. The normalized spacial score (nSPS) is 11.0. The van der Waals surface area contributed by atoms with Crippen LogP contribution < -0.4 is 10.1 Å². The smallest absolute Gasteiger partial charge is 0.238 e. The number of carbonyl (C=O) groups excluding carboxylic acids is 1. The Morgan fingerprint density at radius 1 is 1.26 bits per heavy atom. The van der Waals surface area contributed by atoms with E-state index in [1.54, 1.807) is 32.2 Å². The molecule has 164 valence electrons. The first-order chi connectivity index (χ1) is 15.0. The lowest BCUT2D eigenvalue weighted by molar-refractivity contribution is -0.117.